The van der Waals surface area contributed by atoms with Crippen LogP contribution in [0.3, 0.4) is 0 Å². The Labute approximate surface area is 237 Å². The molecule has 2 N–H and O–H groups in total. The van der Waals surface area contributed by atoms with Gasteiger partial charge in [0.1, 0.15) is 0 Å². The lowest BCUT2D eigenvalue weighted by Crippen LogP contribution is -2.36. The van der Waals surface area contributed by atoms with Crippen molar-refractivity contribution in [3.63, 3.8) is 0 Å². The van der Waals surface area contributed by atoms with Gasteiger partial charge in [0.15, 0.2) is 0 Å². The van der Waals surface area contributed by atoms with Crippen molar-refractivity contribution in [2.45, 2.75) is 156 Å². The summed E-state index contributed by atoms with van der Waals surface area (Å²) in [4.78, 5) is 12.0. The molecule has 0 bridgehead atoms. The van der Waals surface area contributed by atoms with E-state index in [9.17, 15) is 4.79 Å². The second-order valence-electron chi connectivity index (χ2n) is 10.9. The van der Waals surface area contributed by atoms with Gasteiger partial charge < -0.3 is 19.7 Å². The van der Waals surface area contributed by atoms with Crippen LogP contribution in [-0.2, 0) is 9.05 Å². The Morgan fingerprint density at radius 2 is 1.13 bits per heavy atom. The van der Waals surface area contributed by atoms with Gasteiger partial charge in [-0.1, -0.05) is 90.4 Å². The van der Waals surface area contributed by atoms with E-state index in [1.54, 1.807) is 0 Å². The summed E-state index contributed by atoms with van der Waals surface area (Å²) in [6.45, 7) is 13.2. The van der Waals surface area contributed by atoms with Crippen LogP contribution in [0, 0.1) is 11.3 Å². The largest absolute Gasteiger partial charge is 0.338 e. The van der Waals surface area contributed by atoms with Crippen LogP contribution in [-0.4, -0.2) is 49.1 Å². The Morgan fingerprint density at radius 1 is 0.711 bits per heavy atom. The average Bonchev–Trinajstić information content (AvgIpc) is 2.87. The predicted octanol–water partition coefficient (Wildman–Crippen LogP) is 8.84. The molecule has 0 heterocycles. The van der Waals surface area contributed by atoms with Gasteiger partial charge in [-0.15, -0.1) is 0 Å². The minimum absolute atomic E-state index is 0.0755. The molecule has 2 amide bonds. The highest BCUT2D eigenvalue weighted by atomic mass is 31.2. The van der Waals surface area contributed by atoms with Crippen molar-refractivity contribution < 1.29 is 13.8 Å². The number of nitrogens with one attached hydrogen (secondary N) is 2. The van der Waals surface area contributed by atoms with Gasteiger partial charge in [-0.3, -0.25) is 0 Å². The molecule has 0 aromatic rings. The van der Waals surface area contributed by atoms with E-state index >= 15 is 0 Å². The molecule has 0 saturated heterocycles. The number of nitrogens with zero attached hydrogens (tertiary/aromatic N) is 2. The van der Waals surface area contributed by atoms with Crippen LogP contribution in [0.5, 0.6) is 0 Å². The number of carbonyl (C=O) groups excluding carboxylic acids is 1. The first-order valence-corrected chi connectivity index (χ1v) is 16.8. The zero-order valence-electron chi connectivity index (χ0n) is 25.6. The minimum atomic E-state index is -1.19. The van der Waals surface area contributed by atoms with E-state index in [-0.39, 0.29) is 6.03 Å². The topological polar surface area (TPSA) is 86.6 Å². The van der Waals surface area contributed by atoms with Crippen LogP contribution in [0.2, 0.25) is 0 Å². The minimum Gasteiger partial charge on any atom is -0.338 e. The number of urea groups is 1. The summed E-state index contributed by atoms with van der Waals surface area (Å²) >= 11 is 0. The lowest BCUT2D eigenvalue weighted by molar-refractivity contribution is 0.174. The molecule has 0 aromatic carbocycles. The molecule has 224 valence electrons. The highest BCUT2D eigenvalue weighted by Gasteiger charge is 2.26. The molecule has 8 heteroatoms. The molecule has 1 atom stereocenters. The van der Waals surface area contributed by atoms with Crippen LogP contribution in [0.4, 0.5) is 4.79 Å². The SMILES string of the molecule is CCCCCCCCCCCCCCCCNC(=O)NCCCCOP(OCCC#N)N(C(C)C)C(C)C. The molecule has 0 rings (SSSR count). The number of unbranched alkanes of at least 4 members (excludes halogenated alkanes) is 14. The lowest BCUT2D eigenvalue weighted by atomic mass is 10.0. The van der Waals surface area contributed by atoms with E-state index in [0.29, 0.717) is 38.3 Å². The number of hydrogen-bond donors (Lipinski definition) is 2. The molecule has 0 radical (unpaired) electrons. The number of rotatable bonds is 27. The molecule has 0 aromatic heterocycles. The van der Waals surface area contributed by atoms with Gasteiger partial charge in [-0.05, 0) is 47.0 Å². The summed E-state index contributed by atoms with van der Waals surface area (Å²) in [6, 6.07) is 2.65. The summed E-state index contributed by atoms with van der Waals surface area (Å²) in [5, 5.41) is 14.7. The first kappa shape index (κ1) is 37.1. The first-order chi connectivity index (χ1) is 18.4. The van der Waals surface area contributed by atoms with Crippen LogP contribution in [0.1, 0.15) is 144 Å². The van der Waals surface area contributed by atoms with Gasteiger partial charge in [-0.2, -0.15) is 5.26 Å². The van der Waals surface area contributed by atoms with Crippen LogP contribution in [0.15, 0.2) is 0 Å². The number of nitriles is 1. The van der Waals surface area contributed by atoms with Gasteiger partial charge in [0.2, 0.25) is 0 Å². The molecular weight excluding hydrogens is 495 g/mol. The molecule has 7 nitrogen and oxygen atoms in total. The maximum absolute atomic E-state index is 12.0. The number of carbonyl (C=O) groups is 1. The summed E-state index contributed by atoms with van der Waals surface area (Å²) < 4.78 is 14.2. The van der Waals surface area contributed by atoms with Gasteiger partial charge in [0, 0.05) is 25.2 Å². The monoisotopic (exact) mass is 556 g/mol. The molecule has 0 aliphatic carbocycles. The third-order valence-electron chi connectivity index (χ3n) is 6.54. The third kappa shape index (κ3) is 23.0. The molecule has 0 fully saturated rings. The molecule has 0 saturated carbocycles. The number of amides is 2. The maximum Gasteiger partial charge on any atom is 0.314 e. The summed E-state index contributed by atoms with van der Waals surface area (Å²) in [5.41, 5.74) is 0. The Hall–Kier alpha value is -0.930. The smallest absolute Gasteiger partial charge is 0.314 e. The van der Waals surface area contributed by atoms with E-state index < -0.39 is 8.53 Å². The standard InChI is InChI=1S/C30H61N4O3P/c1-6-7-8-9-10-11-12-13-14-15-16-17-18-19-24-32-30(35)33-25-20-21-26-36-38(37-27-22-23-31)34(28(2)3)29(4)5/h28-29H,6-22,24-27H2,1-5H3,(H2,32,33,35). The van der Waals surface area contributed by atoms with E-state index in [4.69, 9.17) is 14.3 Å². The van der Waals surface area contributed by atoms with Gasteiger partial charge in [0.05, 0.1) is 25.7 Å². The lowest BCUT2D eigenvalue weighted by Gasteiger charge is -2.35. The van der Waals surface area contributed by atoms with Gasteiger partial charge >= 0.3 is 6.03 Å². The summed E-state index contributed by atoms with van der Waals surface area (Å²) in [7, 11) is -1.19. The second kappa shape index (κ2) is 27.6. The maximum atomic E-state index is 12.0. The van der Waals surface area contributed by atoms with Crippen LogP contribution in [0.25, 0.3) is 0 Å². The van der Waals surface area contributed by atoms with Crippen molar-refractivity contribution in [2.75, 3.05) is 26.3 Å². The quantitative estimate of drug-likeness (QED) is 0.0779. The first-order valence-electron chi connectivity index (χ1n) is 15.7. The molecule has 0 spiro atoms. The summed E-state index contributed by atoms with van der Waals surface area (Å²) in [6.07, 6.45) is 20.9. The highest BCUT2D eigenvalue weighted by Crippen LogP contribution is 2.46. The Balaban J connectivity index is 3.66. The third-order valence-corrected chi connectivity index (χ3v) is 8.64. The molecule has 0 aliphatic rings. The molecule has 38 heavy (non-hydrogen) atoms. The normalized spacial score (nSPS) is 12.3. The van der Waals surface area contributed by atoms with Crippen LogP contribution < -0.4 is 10.6 Å². The molecule has 0 aliphatic heterocycles. The van der Waals surface area contributed by atoms with Crippen molar-refractivity contribution >= 4 is 14.6 Å². The molecular formula is C30H61N4O3P. The fraction of sp³-hybridized carbons (Fsp3) is 0.933. The highest BCUT2D eigenvalue weighted by molar-refractivity contribution is 7.44. The van der Waals surface area contributed by atoms with Gasteiger partial charge in [0.25, 0.3) is 8.53 Å². The van der Waals surface area contributed by atoms with Crippen molar-refractivity contribution in [1.82, 2.24) is 15.3 Å². The fourth-order valence-corrected chi connectivity index (χ4v) is 6.10. The fourth-order valence-electron chi connectivity index (χ4n) is 4.47. The second-order valence-corrected chi connectivity index (χ2v) is 12.3. The summed E-state index contributed by atoms with van der Waals surface area (Å²) in [5.74, 6) is 0. The van der Waals surface area contributed by atoms with Crippen molar-refractivity contribution in [3.05, 3.63) is 0 Å². The van der Waals surface area contributed by atoms with E-state index in [1.807, 2.05) is 0 Å². The van der Waals surface area contributed by atoms with E-state index in [1.165, 1.54) is 83.5 Å². The zero-order chi connectivity index (χ0) is 28.3. The van der Waals surface area contributed by atoms with Crippen molar-refractivity contribution in [2.24, 2.45) is 0 Å². The Kier molecular flexibility index (Phi) is 27.0. The number of hydrogen-bond acceptors (Lipinski definition) is 5. The van der Waals surface area contributed by atoms with Crippen molar-refractivity contribution in [3.8, 4) is 6.07 Å². The van der Waals surface area contributed by atoms with Crippen molar-refractivity contribution in [1.29, 1.82) is 5.26 Å². The predicted molar refractivity (Wildman–Crippen MR) is 162 cm³/mol. The Bertz CT molecular complexity index is 564. The van der Waals surface area contributed by atoms with E-state index in [0.717, 1.165) is 25.8 Å². The van der Waals surface area contributed by atoms with E-state index in [2.05, 4.69) is 56.0 Å². The van der Waals surface area contributed by atoms with Crippen LogP contribution >= 0.6 is 8.53 Å². The Morgan fingerprint density at radius 3 is 1.58 bits per heavy atom. The average molecular weight is 557 g/mol. The van der Waals surface area contributed by atoms with Gasteiger partial charge in [-0.25, -0.2) is 9.46 Å². The molecule has 1 unspecified atom stereocenters. The zero-order valence-corrected chi connectivity index (χ0v) is 26.5.